The van der Waals surface area contributed by atoms with Gasteiger partial charge >= 0.3 is 0 Å². The molecule has 0 amide bonds. The van der Waals surface area contributed by atoms with Gasteiger partial charge in [-0.2, -0.15) is 0 Å². The predicted octanol–water partition coefficient (Wildman–Crippen LogP) is 0.903. The standard InChI is InChI=1S/C14H23N3O2S/c1-4-17-10-9-15-11-14(17)12-5-7-13(8-6-12)20(18,19)16(2)3/h5-8,14-15H,4,9-11H2,1-3H3. The molecule has 6 heteroatoms. The molecule has 1 aromatic rings. The molecule has 0 radical (unpaired) electrons. The molecule has 0 aromatic heterocycles. The molecule has 1 aromatic carbocycles. The molecule has 0 spiro atoms. The Hall–Kier alpha value is -0.950. The highest BCUT2D eigenvalue weighted by Crippen LogP contribution is 2.23. The quantitative estimate of drug-likeness (QED) is 0.897. The molecule has 1 fully saturated rings. The number of hydrogen-bond donors (Lipinski definition) is 1. The van der Waals surface area contributed by atoms with Crippen molar-refractivity contribution in [3.63, 3.8) is 0 Å². The minimum Gasteiger partial charge on any atom is -0.314 e. The van der Waals surface area contributed by atoms with Crippen LogP contribution in [0.1, 0.15) is 18.5 Å². The third kappa shape index (κ3) is 3.03. The molecule has 20 heavy (non-hydrogen) atoms. The van der Waals surface area contributed by atoms with Crippen LogP contribution in [0.2, 0.25) is 0 Å². The maximum absolute atomic E-state index is 12.0. The second-order valence-electron chi connectivity index (χ2n) is 5.20. The number of nitrogens with zero attached hydrogens (tertiary/aromatic N) is 2. The Kier molecular flexibility index (Phi) is 4.80. The zero-order chi connectivity index (χ0) is 14.8. The highest BCUT2D eigenvalue weighted by atomic mass is 32.2. The van der Waals surface area contributed by atoms with E-state index in [1.807, 2.05) is 12.1 Å². The van der Waals surface area contributed by atoms with Crippen molar-refractivity contribution in [1.29, 1.82) is 0 Å². The SMILES string of the molecule is CCN1CCNCC1c1ccc(S(=O)(=O)N(C)C)cc1. The molecule has 112 valence electrons. The Morgan fingerprint density at radius 2 is 1.95 bits per heavy atom. The molecule has 1 heterocycles. The van der Waals surface area contributed by atoms with Crippen LogP contribution in [-0.2, 0) is 10.0 Å². The lowest BCUT2D eigenvalue weighted by Crippen LogP contribution is -2.45. The molecule has 0 saturated carbocycles. The van der Waals surface area contributed by atoms with Gasteiger partial charge in [0.05, 0.1) is 4.90 Å². The average molecular weight is 297 g/mol. The molecule has 2 rings (SSSR count). The molecule has 1 atom stereocenters. The number of nitrogens with one attached hydrogen (secondary N) is 1. The molecular formula is C14H23N3O2S. The summed E-state index contributed by atoms with van der Waals surface area (Å²) in [7, 11) is -0.242. The number of sulfonamides is 1. The third-order valence-corrected chi connectivity index (χ3v) is 5.63. The van der Waals surface area contributed by atoms with Crippen molar-refractivity contribution >= 4 is 10.0 Å². The Morgan fingerprint density at radius 1 is 1.30 bits per heavy atom. The highest BCUT2D eigenvalue weighted by Gasteiger charge is 2.23. The minimum absolute atomic E-state index is 0.324. The summed E-state index contributed by atoms with van der Waals surface area (Å²) in [6.07, 6.45) is 0. The number of benzene rings is 1. The Morgan fingerprint density at radius 3 is 2.50 bits per heavy atom. The van der Waals surface area contributed by atoms with Gasteiger partial charge in [-0.05, 0) is 24.2 Å². The van der Waals surface area contributed by atoms with Gasteiger partial charge in [0.1, 0.15) is 0 Å². The summed E-state index contributed by atoms with van der Waals surface area (Å²) in [5.74, 6) is 0. The fourth-order valence-electron chi connectivity index (χ4n) is 2.53. The molecule has 5 nitrogen and oxygen atoms in total. The van der Waals surface area contributed by atoms with Crippen LogP contribution in [0.5, 0.6) is 0 Å². The van der Waals surface area contributed by atoms with Gasteiger partial charge in [-0.25, -0.2) is 12.7 Å². The first kappa shape index (κ1) is 15.4. The number of piperazine rings is 1. The lowest BCUT2D eigenvalue weighted by molar-refractivity contribution is 0.171. The van der Waals surface area contributed by atoms with Gasteiger partial charge in [0, 0.05) is 39.8 Å². The van der Waals surface area contributed by atoms with Gasteiger partial charge in [0.15, 0.2) is 0 Å². The van der Waals surface area contributed by atoms with Gasteiger partial charge in [-0.3, -0.25) is 4.90 Å². The fraction of sp³-hybridized carbons (Fsp3) is 0.571. The molecule has 1 aliphatic heterocycles. The van der Waals surface area contributed by atoms with Crippen LogP contribution in [-0.4, -0.2) is 57.9 Å². The van der Waals surface area contributed by atoms with E-state index in [0.29, 0.717) is 10.9 Å². The number of rotatable bonds is 4. The maximum atomic E-state index is 12.0. The van der Waals surface area contributed by atoms with Crippen LogP contribution in [0.15, 0.2) is 29.2 Å². The lowest BCUT2D eigenvalue weighted by Gasteiger charge is -2.35. The van der Waals surface area contributed by atoms with E-state index in [9.17, 15) is 8.42 Å². The minimum atomic E-state index is -3.34. The largest absolute Gasteiger partial charge is 0.314 e. The van der Waals surface area contributed by atoms with Crippen molar-refractivity contribution in [2.75, 3.05) is 40.3 Å². The predicted molar refractivity (Wildman–Crippen MR) is 80.2 cm³/mol. The van der Waals surface area contributed by atoms with Gasteiger partial charge in [0.2, 0.25) is 10.0 Å². The van der Waals surface area contributed by atoms with E-state index in [-0.39, 0.29) is 0 Å². The topological polar surface area (TPSA) is 52.7 Å². The average Bonchev–Trinajstić information content (AvgIpc) is 2.47. The van der Waals surface area contributed by atoms with E-state index in [4.69, 9.17) is 0 Å². The van der Waals surface area contributed by atoms with Crippen molar-refractivity contribution in [2.45, 2.75) is 17.9 Å². The summed E-state index contributed by atoms with van der Waals surface area (Å²) in [5.41, 5.74) is 1.16. The summed E-state index contributed by atoms with van der Waals surface area (Å²) in [6, 6.07) is 7.58. The molecular weight excluding hydrogens is 274 g/mol. The summed E-state index contributed by atoms with van der Waals surface area (Å²) in [5, 5.41) is 3.39. The zero-order valence-corrected chi connectivity index (χ0v) is 13.2. The lowest BCUT2D eigenvalue weighted by atomic mass is 10.0. The Bertz CT molecular complexity index is 540. The third-order valence-electron chi connectivity index (χ3n) is 3.80. The maximum Gasteiger partial charge on any atom is 0.242 e. The van der Waals surface area contributed by atoms with Crippen LogP contribution in [0.3, 0.4) is 0 Å². The van der Waals surface area contributed by atoms with Crippen LogP contribution in [0.4, 0.5) is 0 Å². The summed E-state index contributed by atoms with van der Waals surface area (Å²) < 4.78 is 25.3. The van der Waals surface area contributed by atoms with Crippen molar-refractivity contribution in [3.05, 3.63) is 29.8 Å². The van der Waals surface area contributed by atoms with Gasteiger partial charge in [-0.1, -0.05) is 19.1 Å². The first-order valence-corrected chi connectivity index (χ1v) is 8.38. The molecule has 0 aliphatic carbocycles. The number of hydrogen-bond acceptors (Lipinski definition) is 4. The second kappa shape index (κ2) is 6.22. The summed E-state index contributed by atoms with van der Waals surface area (Å²) >= 11 is 0. The molecule has 1 unspecified atom stereocenters. The van der Waals surface area contributed by atoms with Crippen LogP contribution in [0, 0.1) is 0 Å². The smallest absolute Gasteiger partial charge is 0.242 e. The van der Waals surface area contributed by atoms with Crippen LogP contribution < -0.4 is 5.32 Å². The molecule has 1 aliphatic rings. The second-order valence-corrected chi connectivity index (χ2v) is 7.36. The van der Waals surface area contributed by atoms with E-state index in [2.05, 4.69) is 17.1 Å². The first-order chi connectivity index (χ1) is 9.46. The van der Waals surface area contributed by atoms with Crippen LogP contribution in [0.25, 0.3) is 0 Å². The van der Waals surface area contributed by atoms with E-state index in [0.717, 1.165) is 31.7 Å². The molecule has 1 N–H and O–H groups in total. The van der Waals surface area contributed by atoms with Gasteiger partial charge in [0.25, 0.3) is 0 Å². The zero-order valence-electron chi connectivity index (χ0n) is 12.3. The van der Waals surface area contributed by atoms with E-state index in [1.165, 1.54) is 4.31 Å². The normalized spacial score (nSPS) is 21.3. The van der Waals surface area contributed by atoms with Gasteiger partial charge in [-0.15, -0.1) is 0 Å². The van der Waals surface area contributed by atoms with E-state index >= 15 is 0 Å². The highest BCUT2D eigenvalue weighted by molar-refractivity contribution is 7.89. The van der Waals surface area contributed by atoms with Crippen molar-refractivity contribution < 1.29 is 8.42 Å². The van der Waals surface area contributed by atoms with Crippen molar-refractivity contribution in [3.8, 4) is 0 Å². The first-order valence-electron chi connectivity index (χ1n) is 6.94. The fourth-order valence-corrected chi connectivity index (χ4v) is 3.43. The van der Waals surface area contributed by atoms with E-state index < -0.39 is 10.0 Å². The summed E-state index contributed by atoms with van der Waals surface area (Å²) in [4.78, 5) is 2.75. The molecule has 1 saturated heterocycles. The number of likely N-dealkylation sites (N-methyl/N-ethyl adjacent to an activating group) is 1. The van der Waals surface area contributed by atoms with Crippen molar-refractivity contribution in [1.82, 2.24) is 14.5 Å². The van der Waals surface area contributed by atoms with Crippen LogP contribution >= 0.6 is 0 Å². The van der Waals surface area contributed by atoms with E-state index in [1.54, 1.807) is 26.2 Å². The summed E-state index contributed by atoms with van der Waals surface area (Å²) in [6.45, 7) is 6.11. The Balaban J connectivity index is 2.24. The van der Waals surface area contributed by atoms with Crippen molar-refractivity contribution in [2.24, 2.45) is 0 Å². The van der Waals surface area contributed by atoms with Gasteiger partial charge < -0.3 is 5.32 Å². The molecule has 0 bridgehead atoms. The Labute approximate surface area is 121 Å². The monoisotopic (exact) mass is 297 g/mol.